The molecular weight excluding hydrogens is 258 g/mol. The Balaban J connectivity index is 1.58. The number of nitrogens with zero attached hydrogens (tertiary/aromatic N) is 2. The molecule has 110 valence electrons. The second-order valence-electron chi connectivity index (χ2n) is 6.68. The molecule has 2 atom stereocenters. The standard InChI is InChI=1S/C18H23N3/c1-12-6-7-14-4-3-5-17(18(14)19-12)20-15-10-13(2)21(11-15)16-8-9-16/h3-7,13,15-16,20H,8-11H2,1-2H3. The van der Waals surface area contributed by atoms with Crippen molar-refractivity contribution < 1.29 is 0 Å². The van der Waals surface area contributed by atoms with Crippen LogP contribution in [0.1, 0.15) is 31.9 Å². The fourth-order valence-corrected chi connectivity index (χ4v) is 3.66. The van der Waals surface area contributed by atoms with Crippen molar-refractivity contribution in [3.8, 4) is 0 Å². The lowest BCUT2D eigenvalue weighted by Crippen LogP contribution is -2.31. The maximum absolute atomic E-state index is 4.73. The van der Waals surface area contributed by atoms with Gasteiger partial charge in [0.15, 0.2) is 0 Å². The monoisotopic (exact) mass is 281 g/mol. The van der Waals surface area contributed by atoms with E-state index in [2.05, 4.69) is 54.4 Å². The van der Waals surface area contributed by atoms with Gasteiger partial charge >= 0.3 is 0 Å². The van der Waals surface area contributed by atoms with E-state index in [4.69, 9.17) is 4.98 Å². The number of para-hydroxylation sites is 1. The lowest BCUT2D eigenvalue weighted by Gasteiger charge is -2.20. The van der Waals surface area contributed by atoms with Gasteiger partial charge < -0.3 is 5.32 Å². The van der Waals surface area contributed by atoms with Crippen molar-refractivity contribution in [3.05, 3.63) is 36.0 Å². The molecule has 1 aromatic carbocycles. The van der Waals surface area contributed by atoms with Crippen LogP contribution in [0, 0.1) is 6.92 Å². The summed E-state index contributed by atoms with van der Waals surface area (Å²) in [5.41, 5.74) is 3.37. The molecule has 2 unspecified atom stereocenters. The van der Waals surface area contributed by atoms with Crippen molar-refractivity contribution in [2.75, 3.05) is 11.9 Å². The summed E-state index contributed by atoms with van der Waals surface area (Å²) < 4.78 is 0. The fourth-order valence-electron chi connectivity index (χ4n) is 3.66. The summed E-state index contributed by atoms with van der Waals surface area (Å²) >= 11 is 0. The Bertz CT molecular complexity index is 663. The molecule has 1 aromatic heterocycles. The van der Waals surface area contributed by atoms with Gasteiger partial charge in [0, 0.05) is 35.8 Å². The molecule has 3 heteroatoms. The Morgan fingerprint density at radius 3 is 2.86 bits per heavy atom. The van der Waals surface area contributed by atoms with Gasteiger partial charge in [-0.05, 0) is 45.2 Å². The minimum atomic E-state index is 0.550. The zero-order valence-corrected chi connectivity index (χ0v) is 12.8. The van der Waals surface area contributed by atoms with Gasteiger partial charge in [0.2, 0.25) is 0 Å². The maximum atomic E-state index is 4.73. The van der Waals surface area contributed by atoms with E-state index in [1.54, 1.807) is 0 Å². The fraction of sp³-hybridized carbons (Fsp3) is 0.500. The molecule has 1 saturated carbocycles. The average molecular weight is 281 g/mol. The summed E-state index contributed by atoms with van der Waals surface area (Å²) in [4.78, 5) is 7.41. The van der Waals surface area contributed by atoms with Crippen LogP contribution in [0.3, 0.4) is 0 Å². The van der Waals surface area contributed by atoms with Gasteiger partial charge in [-0.1, -0.05) is 18.2 Å². The van der Waals surface area contributed by atoms with E-state index in [0.717, 1.165) is 17.3 Å². The van der Waals surface area contributed by atoms with Crippen LogP contribution >= 0.6 is 0 Å². The molecule has 0 radical (unpaired) electrons. The quantitative estimate of drug-likeness (QED) is 0.932. The van der Waals surface area contributed by atoms with E-state index in [0.29, 0.717) is 12.1 Å². The molecule has 21 heavy (non-hydrogen) atoms. The molecule has 2 aliphatic rings. The van der Waals surface area contributed by atoms with Gasteiger partial charge in [-0.3, -0.25) is 9.88 Å². The number of likely N-dealkylation sites (tertiary alicyclic amines) is 1. The highest BCUT2D eigenvalue weighted by Crippen LogP contribution is 2.34. The number of pyridine rings is 1. The second kappa shape index (κ2) is 4.99. The SMILES string of the molecule is Cc1ccc2cccc(NC3CC(C)N(C4CC4)C3)c2n1. The van der Waals surface area contributed by atoms with Gasteiger partial charge in [-0.2, -0.15) is 0 Å². The molecule has 2 fully saturated rings. The lowest BCUT2D eigenvalue weighted by atomic mass is 10.1. The Kier molecular flexibility index (Phi) is 3.11. The van der Waals surface area contributed by atoms with Gasteiger partial charge in [-0.15, -0.1) is 0 Å². The molecule has 2 aromatic rings. The molecule has 4 rings (SSSR count). The number of anilines is 1. The maximum Gasteiger partial charge on any atom is 0.0936 e. The zero-order chi connectivity index (χ0) is 14.4. The van der Waals surface area contributed by atoms with Crippen LogP contribution in [-0.2, 0) is 0 Å². The number of fused-ring (bicyclic) bond motifs is 1. The smallest absolute Gasteiger partial charge is 0.0936 e. The number of hydrogen-bond acceptors (Lipinski definition) is 3. The first-order valence-electron chi connectivity index (χ1n) is 8.09. The largest absolute Gasteiger partial charge is 0.379 e. The molecule has 1 N–H and O–H groups in total. The van der Waals surface area contributed by atoms with Gasteiger partial charge in [0.1, 0.15) is 0 Å². The number of aromatic nitrogens is 1. The van der Waals surface area contributed by atoms with Crippen molar-refractivity contribution in [1.29, 1.82) is 0 Å². The summed E-state index contributed by atoms with van der Waals surface area (Å²) in [7, 11) is 0. The minimum Gasteiger partial charge on any atom is -0.379 e. The third-order valence-corrected chi connectivity index (χ3v) is 4.86. The first-order chi connectivity index (χ1) is 10.2. The first-order valence-corrected chi connectivity index (χ1v) is 8.09. The highest BCUT2D eigenvalue weighted by Gasteiger charge is 2.38. The van der Waals surface area contributed by atoms with E-state index in [1.165, 1.54) is 36.9 Å². The summed E-state index contributed by atoms with van der Waals surface area (Å²) in [5.74, 6) is 0. The van der Waals surface area contributed by atoms with E-state index in [-0.39, 0.29) is 0 Å². The summed E-state index contributed by atoms with van der Waals surface area (Å²) in [6, 6.07) is 12.8. The van der Waals surface area contributed by atoms with Crippen LogP contribution in [0.15, 0.2) is 30.3 Å². The summed E-state index contributed by atoms with van der Waals surface area (Å²) in [6.07, 6.45) is 4.02. The second-order valence-corrected chi connectivity index (χ2v) is 6.68. The number of nitrogens with one attached hydrogen (secondary N) is 1. The predicted molar refractivity (Wildman–Crippen MR) is 87.7 cm³/mol. The molecule has 0 bridgehead atoms. The molecule has 1 saturated heterocycles. The van der Waals surface area contributed by atoms with Crippen LogP contribution in [0.25, 0.3) is 10.9 Å². The van der Waals surface area contributed by atoms with Crippen LogP contribution in [0.5, 0.6) is 0 Å². The molecule has 2 heterocycles. The third kappa shape index (κ3) is 2.51. The van der Waals surface area contributed by atoms with Crippen molar-refractivity contribution in [2.45, 2.75) is 51.2 Å². The summed E-state index contributed by atoms with van der Waals surface area (Å²) in [5, 5.41) is 4.97. The number of rotatable bonds is 3. The first kappa shape index (κ1) is 13.1. The normalized spacial score (nSPS) is 26.4. The molecule has 0 spiro atoms. The minimum absolute atomic E-state index is 0.550. The Hall–Kier alpha value is -1.61. The topological polar surface area (TPSA) is 28.2 Å². The zero-order valence-electron chi connectivity index (χ0n) is 12.8. The van der Waals surface area contributed by atoms with E-state index >= 15 is 0 Å². The van der Waals surface area contributed by atoms with E-state index in [9.17, 15) is 0 Å². The Morgan fingerprint density at radius 2 is 2.05 bits per heavy atom. The third-order valence-electron chi connectivity index (χ3n) is 4.86. The number of aryl methyl sites for hydroxylation is 1. The van der Waals surface area contributed by atoms with Crippen LogP contribution in [0.2, 0.25) is 0 Å². The van der Waals surface area contributed by atoms with Crippen LogP contribution in [0.4, 0.5) is 5.69 Å². The molecule has 3 nitrogen and oxygen atoms in total. The lowest BCUT2D eigenvalue weighted by molar-refractivity contribution is 0.257. The van der Waals surface area contributed by atoms with Crippen molar-refractivity contribution >= 4 is 16.6 Å². The van der Waals surface area contributed by atoms with Gasteiger partial charge in [0.25, 0.3) is 0 Å². The van der Waals surface area contributed by atoms with Gasteiger partial charge in [-0.25, -0.2) is 0 Å². The van der Waals surface area contributed by atoms with Crippen molar-refractivity contribution in [1.82, 2.24) is 9.88 Å². The highest BCUT2D eigenvalue weighted by atomic mass is 15.3. The molecule has 1 aliphatic heterocycles. The van der Waals surface area contributed by atoms with Crippen molar-refractivity contribution in [2.24, 2.45) is 0 Å². The van der Waals surface area contributed by atoms with Crippen LogP contribution in [-0.4, -0.2) is 34.6 Å². The van der Waals surface area contributed by atoms with Crippen LogP contribution < -0.4 is 5.32 Å². The van der Waals surface area contributed by atoms with E-state index in [1.807, 2.05) is 0 Å². The number of hydrogen-bond donors (Lipinski definition) is 1. The average Bonchev–Trinajstić information content (AvgIpc) is 3.24. The van der Waals surface area contributed by atoms with Gasteiger partial charge in [0.05, 0.1) is 11.2 Å². The summed E-state index contributed by atoms with van der Waals surface area (Å²) in [6.45, 7) is 5.60. The predicted octanol–water partition coefficient (Wildman–Crippen LogP) is 3.58. The molecule has 1 aliphatic carbocycles. The molecular formula is C18H23N3. The molecule has 0 amide bonds. The van der Waals surface area contributed by atoms with E-state index < -0.39 is 0 Å². The Labute approximate surface area is 126 Å². The number of benzene rings is 1. The Morgan fingerprint density at radius 1 is 1.19 bits per heavy atom. The highest BCUT2D eigenvalue weighted by molar-refractivity contribution is 5.90. The van der Waals surface area contributed by atoms with Crippen molar-refractivity contribution in [3.63, 3.8) is 0 Å².